The standard InChI is InChI=1S/C19H17FN2O2S/c20-14-8-10-15(11-9-14)23-12-18-21-22-19(24-18)25-17-7-3-5-13-4-1-2-6-16(13)17/h1-2,4,6,8-11,17H,3,5,7,12H2/t17-/m1/s1. The number of ether oxygens (including phenoxy) is 1. The Bertz CT molecular complexity index is 851. The molecule has 0 amide bonds. The second kappa shape index (κ2) is 7.27. The van der Waals surface area contributed by atoms with E-state index < -0.39 is 0 Å². The minimum absolute atomic E-state index is 0.167. The maximum absolute atomic E-state index is 12.9. The van der Waals surface area contributed by atoms with Crippen LogP contribution in [0.5, 0.6) is 5.75 Å². The van der Waals surface area contributed by atoms with Gasteiger partial charge in [0.1, 0.15) is 11.6 Å². The molecule has 0 saturated heterocycles. The largest absolute Gasteiger partial charge is 0.484 e. The second-order valence-corrected chi connectivity index (χ2v) is 7.06. The number of rotatable bonds is 5. The molecule has 0 unspecified atom stereocenters. The Kier molecular flexibility index (Phi) is 4.70. The third kappa shape index (κ3) is 3.85. The molecule has 1 atom stereocenters. The van der Waals surface area contributed by atoms with Gasteiger partial charge in [-0.05, 0) is 54.7 Å². The number of hydrogen-bond donors (Lipinski definition) is 0. The number of fused-ring (bicyclic) bond motifs is 1. The van der Waals surface area contributed by atoms with Gasteiger partial charge >= 0.3 is 0 Å². The highest BCUT2D eigenvalue weighted by Gasteiger charge is 2.23. The fraction of sp³-hybridized carbons (Fsp3) is 0.263. The van der Waals surface area contributed by atoms with E-state index in [1.165, 1.54) is 29.7 Å². The molecule has 128 valence electrons. The quantitative estimate of drug-likeness (QED) is 0.647. The molecule has 1 heterocycles. The normalized spacial score (nSPS) is 16.4. The van der Waals surface area contributed by atoms with Gasteiger partial charge in [0.2, 0.25) is 0 Å². The smallest absolute Gasteiger partial charge is 0.277 e. The molecule has 2 aromatic carbocycles. The third-order valence-electron chi connectivity index (χ3n) is 4.18. The van der Waals surface area contributed by atoms with Crippen LogP contribution in [0.3, 0.4) is 0 Å². The summed E-state index contributed by atoms with van der Waals surface area (Å²) in [5, 5.41) is 9.05. The van der Waals surface area contributed by atoms with E-state index in [2.05, 4.69) is 34.5 Å². The van der Waals surface area contributed by atoms with Gasteiger partial charge in [-0.1, -0.05) is 36.0 Å². The van der Waals surface area contributed by atoms with E-state index in [0.717, 1.165) is 12.8 Å². The zero-order valence-electron chi connectivity index (χ0n) is 13.5. The number of aryl methyl sites for hydroxylation is 1. The summed E-state index contributed by atoms with van der Waals surface area (Å²) in [6, 6.07) is 14.4. The number of nitrogens with zero attached hydrogens (tertiary/aromatic N) is 2. The number of hydrogen-bond acceptors (Lipinski definition) is 5. The van der Waals surface area contributed by atoms with Crippen LogP contribution in [-0.4, -0.2) is 10.2 Å². The first-order chi connectivity index (χ1) is 12.3. The van der Waals surface area contributed by atoms with Crippen molar-refractivity contribution in [1.29, 1.82) is 0 Å². The van der Waals surface area contributed by atoms with Crippen molar-refractivity contribution in [2.45, 2.75) is 36.3 Å². The third-order valence-corrected chi connectivity index (χ3v) is 5.32. The van der Waals surface area contributed by atoms with Gasteiger partial charge < -0.3 is 9.15 Å². The minimum atomic E-state index is -0.295. The first kappa shape index (κ1) is 16.1. The van der Waals surface area contributed by atoms with Gasteiger partial charge in [-0.25, -0.2) is 4.39 Å². The lowest BCUT2D eigenvalue weighted by atomic mass is 9.91. The van der Waals surface area contributed by atoms with E-state index in [4.69, 9.17) is 9.15 Å². The molecule has 1 aliphatic carbocycles. The first-order valence-corrected chi connectivity index (χ1v) is 9.11. The van der Waals surface area contributed by atoms with E-state index in [0.29, 0.717) is 22.1 Å². The predicted molar refractivity (Wildman–Crippen MR) is 93.0 cm³/mol. The van der Waals surface area contributed by atoms with Crippen LogP contribution in [0.2, 0.25) is 0 Å². The van der Waals surface area contributed by atoms with Crippen LogP contribution in [0.1, 0.15) is 35.1 Å². The van der Waals surface area contributed by atoms with Crippen molar-refractivity contribution in [3.8, 4) is 5.75 Å². The molecule has 0 aliphatic heterocycles. The molecule has 25 heavy (non-hydrogen) atoms. The summed E-state index contributed by atoms with van der Waals surface area (Å²) >= 11 is 1.61. The summed E-state index contributed by atoms with van der Waals surface area (Å²) in [6.45, 7) is 0.167. The van der Waals surface area contributed by atoms with Gasteiger partial charge in [0.15, 0.2) is 6.61 Å². The molecular weight excluding hydrogens is 339 g/mol. The van der Waals surface area contributed by atoms with Crippen molar-refractivity contribution >= 4 is 11.8 Å². The Morgan fingerprint density at radius 1 is 1.12 bits per heavy atom. The Labute approximate surface area is 149 Å². The Morgan fingerprint density at radius 2 is 1.96 bits per heavy atom. The fourth-order valence-corrected chi connectivity index (χ4v) is 4.09. The van der Waals surface area contributed by atoms with Gasteiger partial charge in [0, 0.05) is 5.25 Å². The highest BCUT2D eigenvalue weighted by atomic mass is 32.2. The molecule has 3 aromatic rings. The zero-order chi connectivity index (χ0) is 17.1. The SMILES string of the molecule is Fc1ccc(OCc2nnc(S[C@@H]3CCCc4ccccc43)o2)cc1. The van der Waals surface area contributed by atoms with Crippen molar-refractivity contribution < 1.29 is 13.5 Å². The molecule has 0 saturated carbocycles. The van der Waals surface area contributed by atoms with Crippen molar-refractivity contribution in [3.63, 3.8) is 0 Å². The molecule has 4 nitrogen and oxygen atoms in total. The van der Waals surface area contributed by atoms with Crippen LogP contribution < -0.4 is 4.74 Å². The molecule has 4 rings (SSSR count). The summed E-state index contributed by atoms with van der Waals surface area (Å²) < 4.78 is 24.1. The van der Waals surface area contributed by atoms with E-state index in [1.54, 1.807) is 23.9 Å². The lowest BCUT2D eigenvalue weighted by Gasteiger charge is -2.23. The maximum Gasteiger partial charge on any atom is 0.277 e. The number of aromatic nitrogens is 2. The van der Waals surface area contributed by atoms with Gasteiger partial charge in [-0.3, -0.25) is 0 Å². The predicted octanol–water partition coefficient (Wildman–Crippen LogP) is 4.96. The van der Waals surface area contributed by atoms with Crippen molar-refractivity contribution in [2.24, 2.45) is 0 Å². The topological polar surface area (TPSA) is 48.2 Å². The molecule has 0 bridgehead atoms. The van der Waals surface area contributed by atoms with Crippen LogP contribution in [0.4, 0.5) is 4.39 Å². The fourth-order valence-electron chi connectivity index (χ4n) is 2.97. The van der Waals surface area contributed by atoms with Gasteiger partial charge in [0.05, 0.1) is 0 Å². The number of thioether (sulfide) groups is 1. The van der Waals surface area contributed by atoms with Crippen LogP contribution >= 0.6 is 11.8 Å². The van der Waals surface area contributed by atoms with Gasteiger partial charge in [-0.15, -0.1) is 10.2 Å². The van der Waals surface area contributed by atoms with Crippen LogP contribution in [0, 0.1) is 5.82 Å². The minimum Gasteiger partial charge on any atom is -0.484 e. The van der Waals surface area contributed by atoms with Crippen LogP contribution in [-0.2, 0) is 13.0 Å². The molecule has 0 N–H and O–H groups in total. The summed E-state index contributed by atoms with van der Waals surface area (Å²) in [7, 11) is 0. The highest BCUT2D eigenvalue weighted by molar-refractivity contribution is 7.99. The lowest BCUT2D eigenvalue weighted by molar-refractivity contribution is 0.251. The Morgan fingerprint density at radius 3 is 2.84 bits per heavy atom. The molecular formula is C19H17FN2O2S. The monoisotopic (exact) mass is 356 g/mol. The van der Waals surface area contributed by atoms with Crippen LogP contribution in [0.15, 0.2) is 58.2 Å². The Hall–Kier alpha value is -2.34. The Balaban J connectivity index is 1.39. The number of benzene rings is 2. The molecule has 0 spiro atoms. The molecule has 1 aromatic heterocycles. The van der Waals surface area contributed by atoms with Crippen molar-refractivity contribution in [2.75, 3.05) is 0 Å². The molecule has 0 fully saturated rings. The van der Waals surface area contributed by atoms with E-state index in [9.17, 15) is 4.39 Å². The average Bonchev–Trinajstić information content (AvgIpc) is 3.09. The average molecular weight is 356 g/mol. The highest BCUT2D eigenvalue weighted by Crippen LogP contribution is 2.42. The number of halogens is 1. The first-order valence-electron chi connectivity index (χ1n) is 8.23. The van der Waals surface area contributed by atoms with Crippen molar-refractivity contribution in [3.05, 3.63) is 71.4 Å². The summed E-state index contributed by atoms with van der Waals surface area (Å²) in [5.74, 6) is 0.683. The van der Waals surface area contributed by atoms with Gasteiger partial charge in [-0.2, -0.15) is 0 Å². The summed E-state index contributed by atoms with van der Waals surface area (Å²) in [4.78, 5) is 0. The van der Waals surface area contributed by atoms with E-state index in [-0.39, 0.29) is 12.4 Å². The zero-order valence-corrected chi connectivity index (χ0v) is 14.3. The summed E-state index contributed by atoms with van der Waals surface area (Å²) in [6.07, 6.45) is 3.41. The summed E-state index contributed by atoms with van der Waals surface area (Å²) in [5.41, 5.74) is 2.77. The maximum atomic E-state index is 12.9. The van der Waals surface area contributed by atoms with Crippen LogP contribution in [0.25, 0.3) is 0 Å². The van der Waals surface area contributed by atoms with E-state index in [1.807, 2.05) is 0 Å². The second-order valence-electron chi connectivity index (χ2n) is 5.90. The van der Waals surface area contributed by atoms with Gasteiger partial charge in [0.25, 0.3) is 11.1 Å². The van der Waals surface area contributed by atoms with E-state index >= 15 is 0 Å². The molecule has 6 heteroatoms. The lowest BCUT2D eigenvalue weighted by Crippen LogP contribution is -2.06. The molecule has 0 radical (unpaired) electrons. The molecule has 1 aliphatic rings. The van der Waals surface area contributed by atoms with Crippen molar-refractivity contribution in [1.82, 2.24) is 10.2 Å².